The summed E-state index contributed by atoms with van der Waals surface area (Å²) in [5.74, 6) is 0. The minimum atomic E-state index is 0.677. The zero-order chi connectivity index (χ0) is 30.8. The predicted octanol–water partition coefficient (Wildman–Crippen LogP) is 10.0. The van der Waals surface area contributed by atoms with Crippen LogP contribution in [-0.2, 0) is 0 Å². The van der Waals surface area contributed by atoms with Crippen LogP contribution < -0.4 is 20.0 Å². The number of hydrogen-bond acceptors (Lipinski definition) is 4. The van der Waals surface area contributed by atoms with Crippen molar-refractivity contribution >= 4 is 28.4 Å². The average molecular weight is 587 g/mol. The molecule has 0 aromatic heterocycles. The Hall–Kier alpha value is -5.48. The molecule has 0 bridgehead atoms. The molecular weight excluding hydrogens is 548 g/mol. The molecule has 4 nitrogen and oxygen atoms in total. The summed E-state index contributed by atoms with van der Waals surface area (Å²) in [7, 11) is 4.31. The van der Waals surface area contributed by atoms with Crippen molar-refractivity contribution in [1.82, 2.24) is 0 Å². The molecule has 0 aliphatic carbocycles. The van der Waals surface area contributed by atoms with Gasteiger partial charge in [-0.3, -0.25) is 0 Å². The normalized spacial score (nSPS) is 12.2. The zero-order valence-corrected chi connectivity index (χ0v) is 26.1. The van der Waals surface area contributed by atoms with Gasteiger partial charge in [0, 0.05) is 31.2 Å². The second-order valence-electron chi connectivity index (χ2n) is 11.8. The molecule has 1 aliphatic heterocycles. The highest BCUT2D eigenvalue weighted by Crippen LogP contribution is 2.45. The summed E-state index contributed by atoms with van der Waals surface area (Å²) in [5, 5.41) is 3.78. The van der Waals surface area contributed by atoms with Crippen molar-refractivity contribution in [2.75, 3.05) is 47.4 Å². The predicted molar refractivity (Wildman–Crippen MR) is 193 cm³/mol. The van der Waals surface area contributed by atoms with Crippen LogP contribution in [0.5, 0.6) is 0 Å². The summed E-state index contributed by atoms with van der Waals surface area (Å²) in [6, 6.07) is 52.3. The van der Waals surface area contributed by atoms with Gasteiger partial charge in [-0.25, -0.2) is 0 Å². The number of hydrogen-bond donors (Lipinski definition) is 1. The topological polar surface area (TPSA) is 21.8 Å². The highest BCUT2D eigenvalue weighted by Gasteiger charge is 2.25. The highest BCUT2D eigenvalue weighted by molar-refractivity contribution is 5.97. The van der Waals surface area contributed by atoms with Gasteiger partial charge in [0.2, 0.25) is 0 Å². The van der Waals surface area contributed by atoms with Crippen molar-refractivity contribution < 1.29 is 0 Å². The monoisotopic (exact) mass is 586 g/mol. The van der Waals surface area contributed by atoms with Crippen molar-refractivity contribution in [2.24, 2.45) is 0 Å². The van der Waals surface area contributed by atoms with Crippen LogP contribution >= 0.6 is 0 Å². The van der Waals surface area contributed by atoms with E-state index in [0.717, 1.165) is 18.0 Å². The summed E-state index contributed by atoms with van der Waals surface area (Å²) in [6.45, 7) is 3.63. The van der Waals surface area contributed by atoms with Gasteiger partial charge in [0.15, 0.2) is 0 Å². The van der Waals surface area contributed by atoms with E-state index in [4.69, 9.17) is 0 Å². The summed E-state index contributed by atoms with van der Waals surface area (Å²) in [6.07, 6.45) is 0. The van der Waals surface area contributed by atoms with E-state index in [-0.39, 0.29) is 0 Å². The smallest absolute Gasteiger partial charge is 0.0950 e. The number of fused-ring (bicyclic) bond motifs is 1. The zero-order valence-electron chi connectivity index (χ0n) is 26.1. The summed E-state index contributed by atoms with van der Waals surface area (Å²) in [4.78, 5) is 7.00. The van der Waals surface area contributed by atoms with E-state index >= 15 is 0 Å². The van der Waals surface area contributed by atoms with Crippen molar-refractivity contribution in [1.29, 1.82) is 0 Å². The Bertz CT molecular complexity index is 1880. The SMILES string of the molecule is Cc1ccccc1N(C)CNc1cc(-c2c(-c3ccccc3)cccc2-c2ccccc2)cc(N2CN(C)c3ccccc32)c1. The standard InChI is InChI=1S/C41H38N4/c1-30-15-10-11-22-38(30)43(2)28-42-34-25-33(26-35(27-34)45-29-44(3)39-23-12-13-24-40(39)45)41-36(31-16-6-4-7-17-31)20-14-21-37(41)32-18-8-5-9-19-32/h4-27,42H,28-29H2,1-3H3. The summed E-state index contributed by atoms with van der Waals surface area (Å²) >= 11 is 0. The lowest BCUT2D eigenvalue weighted by Crippen LogP contribution is -2.26. The molecule has 0 saturated carbocycles. The maximum atomic E-state index is 3.78. The minimum Gasteiger partial charge on any atom is -0.368 e. The Morgan fingerprint density at radius 1 is 0.622 bits per heavy atom. The largest absolute Gasteiger partial charge is 0.368 e. The van der Waals surface area contributed by atoms with Crippen LogP contribution in [0.15, 0.2) is 146 Å². The first-order chi connectivity index (χ1) is 22.1. The van der Waals surface area contributed by atoms with E-state index < -0.39 is 0 Å². The van der Waals surface area contributed by atoms with Crippen molar-refractivity contribution in [3.63, 3.8) is 0 Å². The highest BCUT2D eigenvalue weighted by atomic mass is 15.4. The lowest BCUT2D eigenvalue weighted by Gasteiger charge is -2.25. The number of anilines is 5. The summed E-state index contributed by atoms with van der Waals surface area (Å²) < 4.78 is 0. The van der Waals surface area contributed by atoms with E-state index in [0.29, 0.717) is 6.67 Å². The Kier molecular flexibility index (Phi) is 7.71. The van der Waals surface area contributed by atoms with E-state index in [1.165, 1.54) is 56.0 Å². The molecule has 222 valence electrons. The maximum absolute atomic E-state index is 3.78. The van der Waals surface area contributed by atoms with Crippen LogP contribution in [0.25, 0.3) is 33.4 Å². The number of aryl methyl sites for hydroxylation is 1. The number of benzene rings is 6. The Balaban J connectivity index is 1.39. The van der Waals surface area contributed by atoms with Gasteiger partial charge in [0.1, 0.15) is 0 Å². The van der Waals surface area contributed by atoms with E-state index in [1.54, 1.807) is 0 Å². The number of rotatable bonds is 8. The summed E-state index contributed by atoms with van der Waals surface area (Å²) in [5.41, 5.74) is 14.4. The van der Waals surface area contributed by atoms with Crippen molar-refractivity contribution in [3.8, 4) is 33.4 Å². The van der Waals surface area contributed by atoms with Gasteiger partial charge in [-0.2, -0.15) is 0 Å². The van der Waals surface area contributed by atoms with Crippen LogP contribution in [0, 0.1) is 6.92 Å². The molecular formula is C41H38N4. The fourth-order valence-electron chi connectivity index (χ4n) is 6.48. The molecule has 0 atom stereocenters. The van der Waals surface area contributed by atoms with Gasteiger partial charge in [0.25, 0.3) is 0 Å². The fraction of sp³-hybridized carbons (Fsp3) is 0.122. The van der Waals surface area contributed by atoms with Gasteiger partial charge in [-0.05, 0) is 82.3 Å². The Labute approximate surface area is 266 Å². The number of nitrogens with one attached hydrogen (secondary N) is 1. The third-order valence-electron chi connectivity index (χ3n) is 8.74. The van der Waals surface area contributed by atoms with E-state index in [9.17, 15) is 0 Å². The van der Waals surface area contributed by atoms with Crippen molar-refractivity contribution in [3.05, 3.63) is 151 Å². The second kappa shape index (κ2) is 12.3. The quantitative estimate of drug-likeness (QED) is 0.179. The Morgan fingerprint density at radius 2 is 1.22 bits per heavy atom. The maximum Gasteiger partial charge on any atom is 0.0950 e. The first kappa shape index (κ1) is 28.3. The third-order valence-corrected chi connectivity index (χ3v) is 8.74. The molecule has 1 heterocycles. The molecule has 7 rings (SSSR count). The fourth-order valence-corrected chi connectivity index (χ4v) is 6.48. The molecule has 1 N–H and O–H groups in total. The molecule has 4 heteroatoms. The molecule has 1 aliphatic rings. The van der Waals surface area contributed by atoms with Gasteiger partial charge in [-0.15, -0.1) is 0 Å². The van der Waals surface area contributed by atoms with E-state index in [1.807, 2.05) is 0 Å². The first-order valence-electron chi connectivity index (χ1n) is 15.5. The minimum absolute atomic E-state index is 0.677. The number of para-hydroxylation sites is 3. The molecule has 0 radical (unpaired) electrons. The lowest BCUT2D eigenvalue weighted by molar-refractivity contribution is 0.948. The molecule has 45 heavy (non-hydrogen) atoms. The van der Waals surface area contributed by atoms with Crippen molar-refractivity contribution in [2.45, 2.75) is 6.92 Å². The molecule has 0 unspecified atom stereocenters. The number of nitrogens with zero attached hydrogens (tertiary/aromatic N) is 3. The molecule has 0 fully saturated rings. The van der Waals surface area contributed by atoms with Crippen LogP contribution in [0.4, 0.5) is 28.4 Å². The Morgan fingerprint density at radius 3 is 1.89 bits per heavy atom. The van der Waals surface area contributed by atoms with Gasteiger partial charge in [-0.1, -0.05) is 109 Å². The van der Waals surface area contributed by atoms with E-state index in [2.05, 4.69) is 187 Å². The van der Waals surface area contributed by atoms with Crippen LogP contribution in [0.3, 0.4) is 0 Å². The molecule has 0 spiro atoms. The molecule has 0 amide bonds. The van der Waals surface area contributed by atoms with Gasteiger partial charge >= 0.3 is 0 Å². The van der Waals surface area contributed by atoms with Gasteiger partial charge < -0.3 is 20.0 Å². The average Bonchev–Trinajstić information content (AvgIpc) is 3.44. The van der Waals surface area contributed by atoms with Crippen LogP contribution in [0.2, 0.25) is 0 Å². The second-order valence-corrected chi connectivity index (χ2v) is 11.8. The van der Waals surface area contributed by atoms with Crippen LogP contribution in [0.1, 0.15) is 5.56 Å². The first-order valence-corrected chi connectivity index (χ1v) is 15.5. The third kappa shape index (κ3) is 5.63. The van der Waals surface area contributed by atoms with Gasteiger partial charge in [0.05, 0.1) is 24.7 Å². The molecule has 6 aromatic carbocycles. The molecule has 6 aromatic rings. The lowest BCUT2D eigenvalue weighted by atomic mass is 9.87. The van der Waals surface area contributed by atoms with Crippen LogP contribution in [-0.4, -0.2) is 27.4 Å². The molecule has 0 saturated heterocycles.